The zero-order chi connectivity index (χ0) is 13.0. The van der Waals surface area contributed by atoms with Crippen LogP contribution in [0, 0.1) is 17.1 Å². The number of nitrogens with one attached hydrogen (secondary N) is 1. The summed E-state index contributed by atoms with van der Waals surface area (Å²) in [7, 11) is 1.90. The van der Waals surface area contributed by atoms with Crippen LogP contribution in [0.5, 0.6) is 0 Å². The predicted molar refractivity (Wildman–Crippen MR) is 70.1 cm³/mol. The van der Waals surface area contributed by atoms with Gasteiger partial charge in [0.2, 0.25) is 0 Å². The number of nitrogen functional groups attached to an aromatic ring is 1. The Morgan fingerprint density at radius 1 is 1.53 bits per heavy atom. The molecule has 0 amide bonds. The Morgan fingerprint density at radius 3 is 2.71 bits per heavy atom. The molecule has 0 aliphatic carbocycles. The Morgan fingerprint density at radius 2 is 2.18 bits per heavy atom. The van der Waals surface area contributed by atoms with Gasteiger partial charge in [-0.2, -0.15) is 0 Å². The van der Waals surface area contributed by atoms with Crippen molar-refractivity contribution in [2.45, 2.75) is 20.3 Å². The molecule has 0 bridgehead atoms. The highest BCUT2D eigenvalue weighted by atomic mass is 19.1. The molecule has 1 unspecified atom stereocenters. The van der Waals surface area contributed by atoms with E-state index in [9.17, 15) is 4.39 Å². The van der Waals surface area contributed by atoms with Crippen molar-refractivity contribution in [2.24, 2.45) is 11.7 Å². The van der Waals surface area contributed by atoms with Crippen molar-refractivity contribution in [1.29, 1.82) is 5.41 Å². The molecule has 3 nitrogen and oxygen atoms in total. The number of amidine groups is 1. The van der Waals surface area contributed by atoms with E-state index in [-0.39, 0.29) is 11.4 Å². The fraction of sp³-hybridized carbons (Fsp3) is 0.462. The molecule has 0 aliphatic heterocycles. The van der Waals surface area contributed by atoms with E-state index in [1.807, 2.05) is 11.9 Å². The molecule has 0 aromatic heterocycles. The van der Waals surface area contributed by atoms with Gasteiger partial charge in [0.05, 0.1) is 11.3 Å². The number of halogens is 1. The Labute approximate surface area is 102 Å². The Hall–Kier alpha value is -1.58. The molecular formula is C13H20FN3. The van der Waals surface area contributed by atoms with Crippen LogP contribution in [0.4, 0.5) is 10.1 Å². The van der Waals surface area contributed by atoms with Gasteiger partial charge >= 0.3 is 0 Å². The second-order valence-corrected chi connectivity index (χ2v) is 4.44. The van der Waals surface area contributed by atoms with E-state index in [0.717, 1.165) is 13.0 Å². The summed E-state index contributed by atoms with van der Waals surface area (Å²) in [5.41, 5.74) is 6.30. The normalized spacial score (nSPS) is 12.2. The molecule has 17 heavy (non-hydrogen) atoms. The minimum atomic E-state index is -0.439. The van der Waals surface area contributed by atoms with Gasteiger partial charge in [-0.25, -0.2) is 4.39 Å². The highest BCUT2D eigenvalue weighted by Crippen LogP contribution is 2.22. The zero-order valence-corrected chi connectivity index (χ0v) is 10.6. The minimum absolute atomic E-state index is 0.193. The van der Waals surface area contributed by atoms with Gasteiger partial charge in [0, 0.05) is 13.6 Å². The first-order valence-corrected chi connectivity index (χ1v) is 5.81. The Kier molecular flexibility index (Phi) is 4.49. The second-order valence-electron chi connectivity index (χ2n) is 4.44. The highest BCUT2D eigenvalue weighted by Gasteiger charge is 2.15. The maximum atomic E-state index is 13.6. The van der Waals surface area contributed by atoms with Gasteiger partial charge in [0.25, 0.3) is 0 Å². The summed E-state index contributed by atoms with van der Waals surface area (Å²) in [6, 6.07) is 4.77. The van der Waals surface area contributed by atoms with E-state index in [1.165, 1.54) is 6.07 Å². The fourth-order valence-corrected chi connectivity index (χ4v) is 1.79. The van der Waals surface area contributed by atoms with Crippen molar-refractivity contribution in [1.82, 2.24) is 0 Å². The second kappa shape index (κ2) is 5.66. The zero-order valence-electron chi connectivity index (χ0n) is 10.6. The average molecular weight is 237 g/mol. The third-order valence-corrected chi connectivity index (χ3v) is 2.95. The van der Waals surface area contributed by atoms with Crippen LogP contribution in [0.25, 0.3) is 0 Å². The van der Waals surface area contributed by atoms with Gasteiger partial charge in [-0.15, -0.1) is 0 Å². The molecule has 3 N–H and O–H groups in total. The van der Waals surface area contributed by atoms with Crippen molar-refractivity contribution < 1.29 is 4.39 Å². The molecule has 0 saturated carbocycles. The van der Waals surface area contributed by atoms with E-state index in [0.29, 0.717) is 11.6 Å². The van der Waals surface area contributed by atoms with Crippen molar-refractivity contribution in [2.75, 3.05) is 18.5 Å². The lowest BCUT2D eigenvalue weighted by Crippen LogP contribution is -2.27. The van der Waals surface area contributed by atoms with Gasteiger partial charge in [-0.3, -0.25) is 5.41 Å². The van der Waals surface area contributed by atoms with Crippen molar-refractivity contribution in [3.05, 3.63) is 29.6 Å². The number of anilines is 1. The Balaban J connectivity index is 3.04. The number of hydrogen-bond donors (Lipinski definition) is 2. The molecule has 0 fully saturated rings. The molecule has 1 aromatic rings. The van der Waals surface area contributed by atoms with Gasteiger partial charge in [-0.05, 0) is 18.1 Å². The summed E-state index contributed by atoms with van der Waals surface area (Å²) in [5, 5.41) is 7.45. The SMILES string of the molecule is CCC(C)CN(C)c1cccc(F)c1C(=N)N. The molecule has 1 rings (SSSR count). The maximum Gasteiger partial charge on any atom is 0.136 e. The molecule has 94 valence electrons. The van der Waals surface area contributed by atoms with E-state index in [4.69, 9.17) is 11.1 Å². The lowest BCUT2D eigenvalue weighted by Gasteiger charge is -2.25. The van der Waals surface area contributed by atoms with E-state index < -0.39 is 5.82 Å². The third-order valence-electron chi connectivity index (χ3n) is 2.95. The first kappa shape index (κ1) is 13.5. The molecule has 0 aliphatic rings. The van der Waals surface area contributed by atoms with Crippen LogP contribution in [0.1, 0.15) is 25.8 Å². The molecule has 0 spiro atoms. The first-order chi connectivity index (χ1) is 7.97. The van der Waals surface area contributed by atoms with Crippen molar-refractivity contribution in [3.8, 4) is 0 Å². The summed E-state index contributed by atoms with van der Waals surface area (Å²) in [6.45, 7) is 5.08. The molecule has 1 atom stereocenters. The molecule has 0 heterocycles. The van der Waals surface area contributed by atoms with Crippen LogP contribution >= 0.6 is 0 Å². The molecular weight excluding hydrogens is 217 g/mol. The summed E-state index contributed by atoms with van der Waals surface area (Å²) in [4.78, 5) is 1.95. The fourth-order valence-electron chi connectivity index (χ4n) is 1.79. The predicted octanol–water partition coefficient (Wildman–Crippen LogP) is 2.59. The van der Waals surface area contributed by atoms with Crippen LogP contribution in [-0.2, 0) is 0 Å². The van der Waals surface area contributed by atoms with E-state index >= 15 is 0 Å². The number of nitrogens with two attached hydrogens (primary N) is 1. The monoisotopic (exact) mass is 237 g/mol. The lowest BCUT2D eigenvalue weighted by molar-refractivity contribution is 0.558. The topological polar surface area (TPSA) is 53.1 Å². The molecule has 0 saturated heterocycles. The number of hydrogen-bond acceptors (Lipinski definition) is 2. The van der Waals surface area contributed by atoms with Gasteiger partial charge in [0.1, 0.15) is 11.7 Å². The van der Waals surface area contributed by atoms with Crippen LogP contribution in [0.15, 0.2) is 18.2 Å². The van der Waals surface area contributed by atoms with Crippen LogP contribution < -0.4 is 10.6 Å². The van der Waals surface area contributed by atoms with Crippen LogP contribution in [0.2, 0.25) is 0 Å². The maximum absolute atomic E-state index is 13.6. The molecule has 0 radical (unpaired) electrons. The van der Waals surface area contributed by atoms with Gasteiger partial charge < -0.3 is 10.6 Å². The van der Waals surface area contributed by atoms with E-state index in [1.54, 1.807) is 12.1 Å². The minimum Gasteiger partial charge on any atom is -0.384 e. The lowest BCUT2D eigenvalue weighted by atomic mass is 10.1. The van der Waals surface area contributed by atoms with E-state index in [2.05, 4.69) is 13.8 Å². The summed E-state index contributed by atoms with van der Waals surface area (Å²) >= 11 is 0. The highest BCUT2D eigenvalue weighted by molar-refractivity contribution is 6.00. The molecule has 4 heteroatoms. The first-order valence-electron chi connectivity index (χ1n) is 5.81. The Bertz CT molecular complexity index is 404. The number of benzene rings is 1. The smallest absolute Gasteiger partial charge is 0.136 e. The van der Waals surface area contributed by atoms with Crippen molar-refractivity contribution in [3.63, 3.8) is 0 Å². The van der Waals surface area contributed by atoms with Gasteiger partial charge in [0.15, 0.2) is 0 Å². The van der Waals surface area contributed by atoms with Crippen molar-refractivity contribution >= 4 is 11.5 Å². The summed E-state index contributed by atoms with van der Waals surface area (Å²) in [6.07, 6.45) is 1.06. The average Bonchev–Trinajstić information content (AvgIpc) is 2.27. The quantitative estimate of drug-likeness (QED) is 0.611. The standard InChI is InChI=1S/C13H20FN3/c1-4-9(2)8-17(3)11-7-5-6-10(14)12(11)13(15)16/h5-7,9H,4,8H2,1-3H3,(H3,15,16). The third kappa shape index (κ3) is 3.19. The van der Waals surface area contributed by atoms with Crippen LogP contribution in [0.3, 0.4) is 0 Å². The van der Waals surface area contributed by atoms with Gasteiger partial charge in [-0.1, -0.05) is 26.3 Å². The number of rotatable bonds is 5. The summed E-state index contributed by atoms with van der Waals surface area (Å²) in [5.74, 6) is -0.150. The molecule has 1 aromatic carbocycles. The number of nitrogens with zero attached hydrogens (tertiary/aromatic N) is 1. The largest absolute Gasteiger partial charge is 0.384 e. The summed E-state index contributed by atoms with van der Waals surface area (Å²) < 4.78 is 13.6. The van der Waals surface area contributed by atoms with Crippen LogP contribution in [-0.4, -0.2) is 19.4 Å².